The smallest absolute Gasteiger partial charge is 0.188 e. The van der Waals surface area contributed by atoms with Crippen LogP contribution in [0, 0.1) is 0 Å². The average Bonchev–Trinajstić information content (AvgIpc) is 2.81. The zero-order valence-corrected chi connectivity index (χ0v) is 15.4. The van der Waals surface area contributed by atoms with E-state index in [1.54, 1.807) is 0 Å². The molecule has 7 heteroatoms. The summed E-state index contributed by atoms with van der Waals surface area (Å²) in [4.78, 5) is 11.8. The van der Waals surface area contributed by atoms with Gasteiger partial charge in [0.15, 0.2) is 5.96 Å². The molecule has 2 rings (SSSR count). The number of rotatable bonds is 8. The molecule has 3 N–H and O–H groups in total. The van der Waals surface area contributed by atoms with Crippen LogP contribution in [0.1, 0.15) is 19.3 Å². The van der Waals surface area contributed by atoms with Gasteiger partial charge in [0.1, 0.15) is 0 Å². The number of morpholine rings is 1. The third-order valence-electron chi connectivity index (χ3n) is 4.79. The summed E-state index contributed by atoms with van der Waals surface area (Å²) in [5.74, 6) is 0.590. The third-order valence-corrected chi connectivity index (χ3v) is 4.79. The molecule has 0 spiro atoms. The molecule has 0 atom stereocenters. The maximum Gasteiger partial charge on any atom is 0.188 e. The Balaban J connectivity index is 1.47. The molecular weight excluding hydrogens is 304 g/mol. The summed E-state index contributed by atoms with van der Waals surface area (Å²) in [5, 5.41) is 3.23. The number of ether oxygens (including phenoxy) is 1. The summed E-state index contributed by atoms with van der Waals surface area (Å²) in [6.07, 6.45) is 3.45. The predicted molar refractivity (Wildman–Crippen MR) is 99.5 cm³/mol. The molecule has 0 bridgehead atoms. The first kappa shape index (κ1) is 19.4. The molecule has 0 saturated carbocycles. The number of guanidine groups is 1. The molecule has 2 heterocycles. The Hall–Kier alpha value is -0.890. The number of aliphatic imine (C=N–C) groups is 1. The first-order valence-corrected chi connectivity index (χ1v) is 9.49. The van der Waals surface area contributed by atoms with Gasteiger partial charge in [-0.2, -0.15) is 0 Å². The van der Waals surface area contributed by atoms with E-state index in [4.69, 9.17) is 10.5 Å². The van der Waals surface area contributed by atoms with Crippen molar-refractivity contribution in [2.75, 3.05) is 85.7 Å². The molecule has 140 valence electrons. The van der Waals surface area contributed by atoms with Gasteiger partial charge in [0.25, 0.3) is 0 Å². The van der Waals surface area contributed by atoms with Crippen LogP contribution in [0.4, 0.5) is 0 Å². The highest BCUT2D eigenvalue weighted by atomic mass is 16.5. The first-order valence-electron chi connectivity index (χ1n) is 9.49. The Bertz CT molecular complexity index is 359. The summed E-state index contributed by atoms with van der Waals surface area (Å²) >= 11 is 0. The molecule has 0 unspecified atom stereocenters. The number of hydrogen-bond donors (Lipinski definition) is 2. The number of nitrogens with two attached hydrogens (primary N) is 1. The Kier molecular flexibility index (Phi) is 9.42. The summed E-state index contributed by atoms with van der Waals surface area (Å²) in [5.41, 5.74) is 5.94. The first-order chi connectivity index (χ1) is 11.7. The van der Waals surface area contributed by atoms with Crippen LogP contribution in [0.5, 0.6) is 0 Å². The van der Waals surface area contributed by atoms with E-state index in [0.29, 0.717) is 5.96 Å². The van der Waals surface area contributed by atoms with Crippen molar-refractivity contribution in [2.45, 2.75) is 19.3 Å². The summed E-state index contributed by atoms with van der Waals surface area (Å²) in [6, 6.07) is 0. The minimum Gasteiger partial charge on any atom is -0.379 e. The van der Waals surface area contributed by atoms with E-state index in [2.05, 4.69) is 32.1 Å². The third kappa shape index (κ3) is 8.28. The highest BCUT2D eigenvalue weighted by molar-refractivity contribution is 5.77. The van der Waals surface area contributed by atoms with Crippen LogP contribution in [0.25, 0.3) is 0 Å². The number of nitrogens with zero attached hydrogens (tertiary/aromatic N) is 4. The average molecular weight is 341 g/mol. The highest BCUT2D eigenvalue weighted by Gasteiger charge is 2.11. The fourth-order valence-corrected chi connectivity index (χ4v) is 3.22. The second kappa shape index (κ2) is 11.6. The normalized spacial score (nSPS) is 22.5. The Morgan fingerprint density at radius 1 is 1.00 bits per heavy atom. The number of hydrogen-bond acceptors (Lipinski definition) is 5. The second-order valence-corrected chi connectivity index (χ2v) is 6.85. The van der Waals surface area contributed by atoms with Gasteiger partial charge in [-0.3, -0.25) is 9.89 Å². The highest BCUT2D eigenvalue weighted by Crippen LogP contribution is 2.02. The largest absolute Gasteiger partial charge is 0.379 e. The molecule has 0 aromatic rings. The molecule has 0 aromatic heterocycles. The van der Waals surface area contributed by atoms with Crippen molar-refractivity contribution in [3.8, 4) is 0 Å². The fourth-order valence-electron chi connectivity index (χ4n) is 3.22. The predicted octanol–water partition coefficient (Wildman–Crippen LogP) is -0.359. The maximum atomic E-state index is 5.94. The summed E-state index contributed by atoms with van der Waals surface area (Å²) in [7, 11) is 2.21. The van der Waals surface area contributed by atoms with Crippen LogP contribution < -0.4 is 11.1 Å². The van der Waals surface area contributed by atoms with E-state index in [9.17, 15) is 0 Å². The van der Waals surface area contributed by atoms with Crippen molar-refractivity contribution in [3.63, 3.8) is 0 Å². The van der Waals surface area contributed by atoms with E-state index in [1.807, 2.05) is 0 Å². The Morgan fingerprint density at radius 2 is 1.75 bits per heavy atom. The molecule has 2 aliphatic rings. The van der Waals surface area contributed by atoms with E-state index in [0.717, 1.165) is 65.3 Å². The van der Waals surface area contributed by atoms with Crippen LogP contribution in [0.15, 0.2) is 4.99 Å². The zero-order chi connectivity index (χ0) is 17.0. The lowest BCUT2D eigenvalue weighted by Gasteiger charge is -2.26. The monoisotopic (exact) mass is 340 g/mol. The lowest BCUT2D eigenvalue weighted by Crippen LogP contribution is -2.39. The Morgan fingerprint density at radius 3 is 2.58 bits per heavy atom. The standard InChI is InChI=1S/C17H36N6O/c1-21-7-4-10-22(12-11-21)8-2-5-19-17(18)20-6-3-9-23-13-15-24-16-14-23/h2-16H2,1H3,(H3,18,19,20). The lowest BCUT2D eigenvalue weighted by atomic mass is 10.3. The van der Waals surface area contributed by atoms with Gasteiger partial charge in [0.05, 0.1) is 13.2 Å². The molecule has 0 amide bonds. The Labute approximate surface area is 147 Å². The van der Waals surface area contributed by atoms with Gasteiger partial charge in [0, 0.05) is 39.3 Å². The van der Waals surface area contributed by atoms with Gasteiger partial charge in [0.2, 0.25) is 0 Å². The van der Waals surface area contributed by atoms with Crippen LogP contribution in [0.3, 0.4) is 0 Å². The van der Waals surface area contributed by atoms with Crippen LogP contribution in [-0.2, 0) is 4.74 Å². The van der Waals surface area contributed by atoms with E-state index in [-0.39, 0.29) is 0 Å². The SMILES string of the molecule is CN1CCCN(CCCN=C(N)NCCCN2CCOCC2)CC1. The second-order valence-electron chi connectivity index (χ2n) is 6.85. The molecular formula is C17H36N6O. The minimum atomic E-state index is 0.590. The topological polar surface area (TPSA) is 69.4 Å². The molecule has 2 saturated heterocycles. The molecule has 2 aliphatic heterocycles. The van der Waals surface area contributed by atoms with Gasteiger partial charge in [-0.15, -0.1) is 0 Å². The van der Waals surface area contributed by atoms with E-state index in [1.165, 1.54) is 32.6 Å². The van der Waals surface area contributed by atoms with Crippen molar-refractivity contribution >= 4 is 5.96 Å². The maximum absolute atomic E-state index is 5.94. The lowest BCUT2D eigenvalue weighted by molar-refractivity contribution is 0.0376. The minimum absolute atomic E-state index is 0.590. The van der Waals surface area contributed by atoms with Crippen molar-refractivity contribution in [3.05, 3.63) is 0 Å². The van der Waals surface area contributed by atoms with Crippen molar-refractivity contribution in [2.24, 2.45) is 10.7 Å². The van der Waals surface area contributed by atoms with Crippen molar-refractivity contribution in [1.82, 2.24) is 20.0 Å². The zero-order valence-electron chi connectivity index (χ0n) is 15.4. The summed E-state index contributed by atoms with van der Waals surface area (Å²) < 4.78 is 5.35. The molecule has 24 heavy (non-hydrogen) atoms. The molecule has 2 fully saturated rings. The van der Waals surface area contributed by atoms with Crippen LogP contribution in [0.2, 0.25) is 0 Å². The van der Waals surface area contributed by atoms with Gasteiger partial charge in [-0.25, -0.2) is 0 Å². The molecule has 0 aromatic carbocycles. The molecule has 0 aliphatic carbocycles. The summed E-state index contributed by atoms with van der Waals surface area (Å²) in [6.45, 7) is 12.6. The van der Waals surface area contributed by atoms with Crippen LogP contribution >= 0.6 is 0 Å². The molecule has 0 radical (unpaired) electrons. The fraction of sp³-hybridized carbons (Fsp3) is 0.941. The van der Waals surface area contributed by atoms with Gasteiger partial charge in [-0.05, 0) is 52.5 Å². The quantitative estimate of drug-likeness (QED) is 0.357. The van der Waals surface area contributed by atoms with E-state index < -0.39 is 0 Å². The van der Waals surface area contributed by atoms with Crippen LogP contribution in [-0.4, -0.2) is 106 Å². The van der Waals surface area contributed by atoms with E-state index >= 15 is 0 Å². The van der Waals surface area contributed by atoms with Crippen molar-refractivity contribution in [1.29, 1.82) is 0 Å². The van der Waals surface area contributed by atoms with Gasteiger partial charge < -0.3 is 25.6 Å². The van der Waals surface area contributed by atoms with Gasteiger partial charge >= 0.3 is 0 Å². The van der Waals surface area contributed by atoms with Gasteiger partial charge in [-0.1, -0.05) is 0 Å². The molecule has 7 nitrogen and oxygen atoms in total. The van der Waals surface area contributed by atoms with Crippen molar-refractivity contribution < 1.29 is 4.74 Å². The number of likely N-dealkylation sites (N-methyl/N-ethyl adjacent to an activating group) is 1. The number of nitrogens with one attached hydrogen (secondary N) is 1.